The Balaban J connectivity index is 2.44. The second-order valence-corrected chi connectivity index (χ2v) is 5.17. The lowest BCUT2D eigenvalue weighted by atomic mass is 10.1. The molecule has 2 heterocycles. The highest BCUT2D eigenvalue weighted by Crippen LogP contribution is 2.29. The van der Waals surface area contributed by atoms with Gasteiger partial charge in [-0.3, -0.25) is 0 Å². The van der Waals surface area contributed by atoms with Gasteiger partial charge < -0.3 is 20.5 Å². The highest BCUT2D eigenvalue weighted by atomic mass is 32.1. The maximum atomic E-state index is 11.1. The van der Waals surface area contributed by atoms with Crippen LogP contribution in [-0.2, 0) is 4.79 Å². The van der Waals surface area contributed by atoms with E-state index in [-0.39, 0.29) is 17.6 Å². The number of aliphatic carboxylic acids is 1. The number of nitro groups is 1. The molecule has 0 amide bonds. The van der Waals surface area contributed by atoms with Gasteiger partial charge in [-0.25, -0.2) is 4.79 Å². The highest BCUT2D eigenvalue weighted by Gasteiger charge is 2.29. The van der Waals surface area contributed by atoms with E-state index < -0.39 is 16.9 Å². The lowest BCUT2D eigenvalue weighted by Gasteiger charge is -2.16. The highest BCUT2D eigenvalue weighted by molar-refractivity contribution is 7.15. The third kappa shape index (κ3) is 2.36. The number of hydrogen-bond acceptors (Lipinski definition) is 6. The van der Waals surface area contributed by atoms with Gasteiger partial charge in [-0.15, -0.1) is 0 Å². The van der Waals surface area contributed by atoms with Crippen molar-refractivity contribution in [3.63, 3.8) is 0 Å². The molecule has 102 valence electrons. The van der Waals surface area contributed by atoms with Crippen LogP contribution in [0.3, 0.4) is 0 Å². The largest absolute Gasteiger partial charge is 0.480 e. The summed E-state index contributed by atoms with van der Waals surface area (Å²) in [6.07, 6.45) is 1.53. The minimum Gasteiger partial charge on any atom is -0.480 e. The van der Waals surface area contributed by atoms with E-state index >= 15 is 0 Å². The Hall–Kier alpha value is -2.16. The Morgan fingerprint density at radius 3 is 2.84 bits per heavy atom. The van der Waals surface area contributed by atoms with Crippen molar-refractivity contribution < 1.29 is 14.8 Å². The Morgan fingerprint density at radius 2 is 2.32 bits per heavy atom. The monoisotopic (exact) mass is 284 g/mol. The lowest BCUT2D eigenvalue weighted by Crippen LogP contribution is -2.34. The topological polar surface area (TPSA) is 110 Å². The number of nitrogens with zero attached hydrogens (tertiary/aromatic N) is 3. The molecular weight excluding hydrogens is 272 g/mol. The second-order valence-electron chi connectivity index (χ2n) is 4.30. The third-order valence-corrected chi connectivity index (χ3v) is 3.39. The van der Waals surface area contributed by atoms with Crippen molar-refractivity contribution in [3.05, 3.63) is 21.7 Å². The van der Waals surface area contributed by atoms with E-state index in [1.807, 2.05) is 0 Å². The van der Waals surface area contributed by atoms with Gasteiger partial charge in [0.25, 0.3) is 4.96 Å². The summed E-state index contributed by atoms with van der Waals surface area (Å²) in [7, 11) is 0. The average Bonchev–Trinajstić information content (AvgIpc) is 2.82. The van der Waals surface area contributed by atoms with Gasteiger partial charge in [0, 0.05) is 5.38 Å². The smallest absolute Gasteiger partial charge is 0.372 e. The standard InChI is InChI=1S/C10H12N4O4S/c1-5(2)6(9(15)16)11-7-8(14(17)18)13-3-4-19-10(13)12-7/h3-6,11H,1-2H3,(H,15,16)/t6-/m1/s1. The molecule has 19 heavy (non-hydrogen) atoms. The zero-order valence-corrected chi connectivity index (χ0v) is 11.0. The van der Waals surface area contributed by atoms with Crippen LogP contribution in [0.4, 0.5) is 11.6 Å². The number of fused-ring (bicyclic) bond motifs is 1. The van der Waals surface area contributed by atoms with E-state index in [0.29, 0.717) is 4.96 Å². The molecule has 0 spiro atoms. The van der Waals surface area contributed by atoms with Gasteiger partial charge in [0.2, 0.25) is 5.82 Å². The van der Waals surface area contributed by atoms with Gasteiger partial charge in [-0.05, 0) is 10.8 Å². The van der Waals surface area contributed by atoms with Gasteiger partial charge in [-0.1, -0.05) is 25.2 Å². The van der Waals surface area contributed by atoms with E-state index in [9.17, 15) is 14.9 Å². The molecule has 0 aromatic carbocycles. The molecule has 0 bridgehead atoms. The Labute approximate surface area is 111 Å². The molecule has 9 heteroatoms. The molecule has 0 saturated carbocycles. The number of rotatable bonds is 5. The van der Waals surface area contributed by atoms with Crippen LogP contribution in [0.1, 0.15) is 13.8 Å². The van der Waals surface area contributed by atoms with Crippen LogP contribution in [0, 0.1) is 16.0 Å². The van der Waals surface area contributed by atoms with Gasteiger partial charge in [0.15, 0.2) is 0 Å². The fourth-order valence-corrected chi connectivity index (χ4v) is 2.42. The van der Waals surface area contributed by atoms with Crippen molar-refractivity contribution in [2.75, 3.05) is 5.32 Å². The zero-order valence-electron chi connectivity index (χ0n) is 10.2. The molecule has 0 unspecified atom stereocenters. The number of hydrogen-bond donors (Lipinski definition) is 2. The molecule has 0 fully saturated rings. The van der Waals surface area contributed by atoms with Crippen LogP contribution in [0.15, 0.2) is 11.6 Å². The number of thiazole rings is 1. The van der Waals surface area contributed by atoms with E-state index in [0.717, 1.165) is 0 Å². The fourth-order valence-electron chi connectivity index (χ4n) is 1.71. The molecule has 0 radical (unpaired) electrons. The predicted octanol–water partition coefficient (Wildman–Crippen LogP) is 1.83. The molecule has 2 aromatic heterocycles. The molecule has 0 aliphatic rings. The second kappa shape index (κ2) is 4.84. The third-order valence-electron chi connectivity index (χ3n) is 2.63. The number of nitrogens with one attached hydrogen (secondary N) is 1. The number of aromatic nitrogens is 2. The molecule has 0 aliphatic heterocycles. The number of carboxylic acid groups (broad SMARTS) is 1. The van der Waals surface area contributed by atoms with E-state index in [1.165, 1.54) is 21.9 Å². The van der Waals surface area contributed by atoms with Crippen molar-refractivity contribution in [2.24, 2.45) is 5.92 Å². The van der Waals surface area contributed by atoms with Crippen LogP contribution < -0.4 is 5.32 Å². The summed E-state index contributed by atoms with van der Waals surface area (Å²) in [4.78, 5) is 26.1. The summed E-state index contributed by atoms with van der Waals surface area (Å²) in [5, 5.41) is 24.5. The van der Waals surface area contributed by atoms with Crippen LogP contribution in [0.25, 0.3) is 4.96 Å². The van der Waals surface area contributed by atoms with Gasteiger partial charge in [0.1, 0.15) is 12.2 Å². The quantitative estimate of drug-likeness (QED) is 0.640. The van der Waals surface area contributed by atoms with Crippen molar-refractivity contribution in [3.8, 4) is 0 Å². The number of anilines is 1. The first-order valence-electron chi connectivity index (χ1n) is 5.51. The summed E-state index contributed by atoms with van der Waals surface area (Å²) >= 11 is 1.24. The van der Waals surface area contributed by atoms with E-state index in [2.05, 4.69) is 10.3 Å². The predicted molar refractivity (Wildman–Crippen MR) is 69.6 cm³/mol. The van der Waals surface area contributed by atoms with Crippen molar-refractivity contribution in [2.45, 2.75) is 19.9 Å². The fraction of sp³-hybridized carbons (Fsp3) is 0.400. The van der Waals surface area contributed by atoms with Crippen LogP contribution >= 0.6 is 11.3 Å². The van der Waals surface area contributed by atoms with Crippen LogP contribution in [0.2, 0.25) is 0 Å². The van der Waals surface area contributed by atoms with Gasteiger partial charge in [0.05, 0.1) is 0 Å². The number of carboxylic acids is 1. The first-order chi connectivity index (χ1) is 8.91. The summed E-state index contributed by atoms with van der Waals surface area (Å²) < 4.78 is 1.33. The number of carbonyl (C=O) groups is 1. The lowest BCUT2D eigenvalue weighted by molar-refractivity contribution is -0.389. The molecule has 2 N–H and O–H groups in total. The summed E-state index contributed by atoms with van der Waals surface area (Å²) in [6, 6.07) is -0.927. The summed E-state index contributed by atoms with van der Waals surface area (Å²) in [6.45, 7) is 3.44. The minimum absolute atomic E-state index is 0.0158. The summed E-state index contributed by atoms with van der Waals surface area (Å²) in [5.41, 5.74) is 0. The van der Waals surface area contributed by atoms with E-state index in [1.54, 1.807) is 19.2 Å². The molecule has 8 nitrogen and oxygen atoms in total. The summed E-state index contributed by atoms with van der Waals surface area (Å²) in [5.74, 6) is -1.56. The Morgan fingerprint density at radius 1 is 1.63 bits per heavy atom. The first-order valence-corrected chi connectivity index (χ1v) is 6.39. The van der Waals surface area contributed by atoms with Crippen molar-refractivity contribution >= 4 is 33.9 Å². The number of imidazole rings is 1. The molecule has 0 aliphatic carbocycles. The van der Waals surface area contributed by atoms with Gasteiger partial charge >= 0.3 is 11.8 Å². The van der Waals surface area contributed by atoms with Crippen LogP contribution in [-0.4, -0.2) is 31.4 Å². The average molecular weight is 284 g/mol. The molecule has 2 aromatic rings. The molecule has 1 atom stereocenters. The molecule has 2 rings (SSSR count). The molecular formula is C10H12N4O4S. The van der Waals surface area contributed by atoms with E-state index in [4.69, 9.17) is 5.11 Å². The maximum Gasteiger partial charge on any atom is 0.372 e. The van der Waals surface area contributed by atoms with Crippen molar-refractivity contribution in [1.82, 2.24) is 9.38 Å². The Kier molecular flexibility index (Phi) is 3.38. The first kappa shape index (κ1) is 13.3. The zero-order chi connectivity index (χ0) is 14.2. The van der Waals surface area contributed by atoms with Crippen LogP contribution in [0.5, 0.6) is 0 Å². The van der Waals surface area contributed by atoms with Crippen molar-refractivity contribution in [1.29, 1.82) is 0 Å². The Bertz CT molecular complexity index is 633. The normalized spacial score (nSPS) is 12.8. The van der Waals surface area contributed by atoms with Gasteiger partial charge in [-0.2, -0.15) is 9.38 Å². The minimum atomic E-state index is -1.07. The molecule has 0 saturated heterocycles. The SMILES string of the molecule is CC(C)[C@@H](Nc1nc2sccn2c1[N+](=O)[O-])C(=O)O. The maximum absolute atomic E-state index is 11.1.